The van der Waals surface area contributed by atoms with E-state index in [1.165, 1.54) is 6.20 Å². The van der Waals surface area contributed by atoms with E-state index in [0.717, 1.165) is 11.8 Å². The van der Waals surface area contributed by atoms with Crippen molar-refractivity contribution in [3.8, 4) is 0 Å². The second-order valence-electron chi connectivity index (χ2n) is 2.55. The van der Waals surface area contributed by atoms with Gasteiger partial charge < -0.3 is 3.07 Å². The van der Waals surface area contributed by atoms with Gasteiger partial charge in [-0.25, -0.2) is 8.42 Å². The third-order valence-electron chi connectivity index (χ3n) is 1.42. The molecule has 0 saturated heterocycles. The lowest BCUT2D eigenvalue weighted by molar-refractivity contribution is 0.417. The molecule has 0 aliphatic heterocycles. The molecule has 0 N–H and O–H groups in total. The summed E-state index contributed by atoms with van der Waals surface area (Å²) >= 11 is 1.75. The Morgan fingerprint density at radius 3 is 2.77 bits per heavy atom. The fourth-order valence-electron chi connectivity index (χ4n) is 0.808. The number of aromatic nitrogens is 1. The molecule has 0 fully saturated rings. The van der Waals surface area contributed by atoms with Crippen molar-refractivity contribution < 1.29 is 11.5 Å². The molecular weight excluding hydrogens is 305 g/mol. The van der Waals surface area contributed by atoms with Crippen molar-refractivity contribution >= 4 is 32.8 Å². The summed E-state index contributed by atoms with van der Waals surface area (Å²) in [5, 5.41) is 0. The standard InChI is InChI=1S/C7H8INO3S/c1-13(10,11)7-2-6(5-12-8)3-9-4-7/h2-4H,5H2,1H3. The van der Waals surface area contributed by atoms with Gasteiger partial charge >= 0.3 is 0 Å². The highest BCUT2D eigenvalue weighted by atomic mass is 127. The first-order chi connectivity index (χ1) is 6.04. The summed E-state index contributed by atoms with van der Waals surface area (Å²) in [6.45, 7) is 0.358. The van der Waals surface area contributed by atoms with Crippen LogP contribution >= 0.6 is 23.0 Å². The van der Waals surface area contributed by atoms with E-state index in [-0.39, 0.29) is 4.90 Å². The fourth-order valence-corrected chi connectivity index (χ4v) is 1.79. The molecule has 1 aromatic heterocycles. The van der Waals surface area contributed by atoms with Gasteiger partial charge in [-0.3, -0.25) is 4.98 Å². The predicted octanol–water partition coefficient (Wildman–Crippen LogP) is 1.35. The lowest BCUT2D eigenvalue weighted by Gasteiger charge is -2.00. The number of halogens is 1. The fraction of sp³-hybridized carbons (Fsp3) is 0.286. The molecule has 0 radical (unpaired) electrons. The van der Waals surface area contributed by atoms with Crippen LogP contribution in [0, 0.1) is 0 Å². The molecule has 4 nitrogen and oxygen atoms in total. The molecule has 0 aliphatic carbocycles. The van der Waals surface area contributed by atoms with E-state index in [1.54, 1.807) is 35.3 Å². The van der Waals surface area contributed by atoms with Crippen molar-refractivity contribution in [1.82, 2.24) is 4.98 Å². The van der Waals surface area contributed by atoms with E-state index < -0.39 is 9.84 Å². The maximum Gasteiger partial charge on any atom is 0.177 e. The summed E-state index contributed by atoms with van der Waals surface area (Å²) in [4.78, 5) is 4.03. The smallest absolute Gasteiger partial charge is 0.177 e. The largest absolute Gasteiger partial charge is 0.311 e. The third-order valence-corrected chi connectivity index (χ3v) is 2.81. The molecule has 6 heteroatoms. The maximum absolute atomic E-state index is 11.1. The zero-order valence-electron chi connectivity index (χ0n) is 6.90. The van der Waals surface area contributed by atoms with Crippen molar-refractivity contribution in [1.29, 1.82) is 0 Å². The van der Waals surface area contributed by atoms with Gasteiger partial charge in [-0.1, -0.05) is 0 Å². The highest BCUT2D eigenvalue weighted by Gasteiger charge is 2.07. The molecule has 1 heterocycles. The van der Waals surface area contributed by atoms with Crippen LogP contribution in [-0.4, -0.2) is 19.7 Å². The molecule has 0 saturated carbocycles. The molecular formula is C7H8INO3S. The molecule has 0 bridgehead atoms. The van der Waals surface area contributed by atoms with Crippen molar-refractivity contribution in [2.45, 2.75) is 11.5 Å². The van der Waals surface area contributed by atoms with Gasteiger partial charge in [0.1, 0.15) is 23.0 Å². The van der Waals surface area contributed by atoms with Crippen LogP contribution in [0.25, 0.3) is 0 Å². The zero-order valence-corrected chi connectivity index (χ0v) is 9.87. The Bertz CT molecular complexity index is 390. The zero-order chi connectivity index (χ0) is 9.90. The van der Waals surface area contributed by atoms with E-state index >= 15 is 0 Å². The minimum absolute atomic E-state index is 0.221. The molecule has 0 unspecified atom stereocenters. The minimum Gasteiger partial charge on any atom is -0.311 e. The first-order valence-corrected chi connectivity index (χ1v) is 6.19. The van der Waals surface area contributed by atoms with Gasteiger partial charge in [0.25, 0.3) is 0 Å². The van der Waals surface area contributed by atoms with Crippen molar-refractivity contribution in [3.63, 3.8) is 0 Å². The molecule has 1 rings (SSSR count). The van der Waals surface area contributed by atoms with Crippen LogP contribution in [0.5, 0.6) is 0 Å². The number of sulfone groups is 1. The van der Waals surface area contributed by atoms with Gasteiger partial charge in [-0.2, -0.15) is 0 Å². The Kier molecular flexibility index (Phi) is 3.63. The molecule has 1 aromatic rings. The number of hydrogen-bond donors (Lipinski definition) is 0. The van der Waals surface area contributed by atoms with Crippen LogP contribution in [0.4, 0.5) is 0 Å². The Morgan fingerprint density at radius 2 is 2.23 bits per heavy atom. The van der Waals surface area contributed by atoms with E-state index in [1.807, 2.05) is 0 Å². The Balaban J connectivity index is 3.06. The lowest BCUT2D eigenvalue weighted by atomic mass is 10.3. The molecule has 0 aromatic carbocycles. The minimum atomic E-state index is -3.16. The second-order valence-corrected chi connectivity index (χ2v) is 5.19. The quantitative estimate of drug-likeness (QED) is 0.791. The summed E-state index contributed by atoms with van der Waals surface area (Å²) in [6.07, 6.45) is 4.05. The monoisotopic (exact) mass is 313 g/mol. The number of pyridine rings is 1. The summed E-state index contributed by atoms with van der Waals surface area (Å²) < 4.78 is 27.0. The summed E-state index contributed by atoms with van der Waals surface area (Å²) in [6, 6.07) is 1.56. The van der Waals surface area contributed by atoms with E-state index in [0.29, 0.717) is 6.61 Å². The van der Waals surface area contributed by atoms with Gasteiger partial charge in [-0.05, 0) is 11.6 Å². The van der Waals surface area contributed by atoms with E-state index in [4.69, 9.17) is 3.07 Å². The van der Waals surface area contributed by atoms with Crippen LogP contribution in [0.2, 0.25) is 0 Å². The summed E-state index contributed by atoms with van der Waals surface area (Å²) in [5.41, 5.74) is 0.748. The summed E-state index contributed by atoms with van der Waals surface area (Å²) in [5.74, 6) is 0. The highest BCUT2D eigenvalue weighted by molar-refractivity contribution is 14.1. The molecule has 72 valence electrons. The van der Waals surface area contributed by atoms with Gasteiger partial charge in [0.2, 0.25) is 0 Å². The number of hydrogen-bond acceptors (Lipinski definition) is 4. The summed E-state index contributed by atoms with van der Waals surface area (Å²) in [7, 11) is -3.16. The lowest BCUT2D eigenvalue weighted by Crippen LogP contribution is -1.99. The molecule has 13 heavy (non-hydrogen) atoms. The van der Waals surface area contributed by atoms with Gasteiger partial charge in [-0.15, -0.1) is 0 Å². The van der Waals surface area contributed by atoms with Crippen LogP contribution in [0.15, 0.2) is 23.4 Å². The van der Waals surface area contributed by atoms with Gasteiger partial charge in [0, 0.05) is 18.6 Å². The third kappa shape index (κ3) is 3.20. The Labute approximate surface area is 90.9 Å². The van der Waals surface area contributed by atoms with Gasteiger partial charge in [0.15, 0.2) is 9.84 Å². The topological polar surface area (TPSA) is 56.3 Å². The SMILES string of the molecule is CS(=O)(=O)c1cncc(COI)c1. The first kappa shape index (κ1) is 10.9. The van der Waals surface area contributed by atoms with E-state index in [9.17, 15) is 8.42 Å². The average molecular weight is 313 g/mol. The molecule has 0 spiro atoms. The number of nitrogens with zero attached hydrogens (tertiary/aromatic N) is 1. The second kappa shape index (κ2) is 4.34. The van der Waals surface area contributed by atoms with Gasteiger partial charge in [0.05, 0.1) is 11.5 Å². The van der Waals surface area contributed by atoms with Crippen molar-refractivity contribution in [2.24, 2.45) is 0 Å². The number of rotatable bonds is 3. The highest BCUT2D eigenvalue weighted by Crippen LogP contribution is 2.10. The van der Waals surface area contributed by atoms with Crippen LogP contribution in [-0.2, 0) is 19.5 Å². The van der Waals surface area contributed by atoms with Crippen molar-refractivity contribution in [3.05, 3.63) is 24.0 Å². The normalized spacial score (nSPS) is 11.5. The van der Waals surface area contributed by atoms with Crippen LogP contribution < -0.4 is 0 Å². The van der Waals surface area contributed by atoms with Crippen LogP contribution in [0.3, 0.4) is 0 Å². The molecule has 0 amide bonds. The van der Waals surface area contributed by atoms with E-state index in [2.05, 4.69) is 4.98 Å². The molecule has 0 aliphatic rings. The molecule has 0 atom stereocenters. The Hall–Kier alpha value is -0.210. The van der Waals surface area contributed by atoms with Crippen LogP contribution in [0.1, 0.15) is 5.56 Å². The predicted molar refractivity (Wildman–Crippen MR) is 56.2 cm³/mol. The van der Waals surface area contributed by atoms with Crippen molar-refractivity contribution in [2.75, 3.05) is 6.26 Å². The Morgan fingerprint density at radius 1 is 1.54 bits per heavy atom. The first-order valence-electron chi connectivity index (χ1n) is 3.41. The average Bonchev–Trinajstić information content (AvgIpc) is 2.04. The maximum atomic E-state index is 11.1.